The van der Waals surface area contributed by atoms with Crippen LogP contribution in [0, 0.1) is 5.92 Å². The van der Waals surface area contributed by atoms with Crippen LogP contribution in [-0.4, -0.2) is 42.6 Å². The van der Waals surface area contributed by atoms with E-state index in [-0.39, 0.29) is 35.5 Å². The first-order valence-electron chi connectivity index (χ1n) is 2.81. The van der Waals surface area contributed by atoms with Crippen molar-refractivity contribution in [2.45, 2.75) is 13.8 Å². The average Bonchev–Trinajstić information content (AvgIpc) is 1.87. The molecular formula is C5H10NaO4P+. The Morgan fingerprint density at radius 3 is 2.18 bits per heavy atom. The quantitative estimate of drug-likeness (QED) is 0.491. The molecule has 0 fully saturated rings. The van der Waals surface area contributed by atoms with Crippen molar-refractivity contribution >= 4 is 43.8 Å². The van der Waals surface area contributed by atoms with Crippen LogP contribution in [0.4, 0.5) is 0 Å². The zero-order valence-corrected chi connectivity index (χ0v) is 10.1. The molecule has 0 aromatic heterocycles. The summed E-state index contributed by atoms with van der Waals surface area (Å²) in [5, 5.41) is 0. The second kappa shape index (κ2) is 7.19. The Labute approximate surface area is 88.9 Å². The third-order valence-electron chi connectivity index (χ3n) is 0.785. The fraction of sp³-hybridized carbons (Fsp3) is 0.800. The van der Waals surface area contributed by atoms with Crippen molar-refractivity contribution in [3.63, 3.8) is 0 Å². The van der Waals surface area contributed by atoms with Gasteiger partial charge in [0.2, 0.25) is 0 Å². The van der Waals surface area contributed by atoms with Crippen molar-refractivity contribution in [1.29, 1.82) is 0 Å². The molecule has 6 heteroatoms. The summed E-state index contributed by atoms with van der Waals surface area (Å²) in [7, 11) is -1.04. The predicted molar refractivity (Wildman–Crippen MR) is 41.3 cm³/mol. The van der Waals surface area contributed by atoms with E-state index in [1.54, 1.807) is 13.8 Å². The molecule has 0 rings (SSSR count). The summed E-state index contributed by atoms with van der Waals surface area (Å²) in [6.45, 7) is 3.31. The summed E-state index contributed by atoms with van der Waals surface area (Å²) < 4.78 is 19.0. The number of hydrogen-bond donors (Lipinski definition) is 0. The summed E-state index contributed by atoms with van der Waals surface area (Å²) in [5.41, 5.74) is 0. The molecule has 0 aromatic rings. The van der Waals surface area contributed by atoms with Crippen molar-refractivity contribution in [2.24, 2.45) is 5.92 Å². The van der Waals surface area contributed by atoms with Gasteiger partial charge in [-0.3, -0.25) is 0 Å². The molecule has 0 aromatic carbocycles. The number of carbonyl (C=O) groups excluding carboxylic acids is 1. The third-order valence-corrected chi connectivity index (χ3v) is 1.41. The SMILES string of the molecule is CO[P+](=O)OC(=O)C(C)C.[Na]. The van der Waals surface area contributed by atoms with Crippen LogP contribution in [0.5, 0.6) is 0 Å². The van der Waals surface area contributed by atoms with E-state index in [0.717, 1.165) is 0 Å². The van der Waals surface area contributed by atoms with Gasteiger partial charge in [0.15, 0.2) is 0 Å². The van der Waals surface area contributed by atoms with Crippen molar-refractivity contribution in [3.05, 3.63) is 0 Å². The van der Waals surface area contributed by atoms with Crippen LogP contribution >= 0.6 is 8.25 Å². The van der Waals surface area contributed by atoms with E-state index in [1.165, 1.54) is 7.11 Å². The van der Waals surface area contributed by atoms with Crippen molar-refractivity contribution < 1.29 is 18.4 Å². The summed E-state index contributed by atoms with van der Waals surface area (Å²) in [6, 6.07) is 0. The largest absolute Gasteiger partial charge is 0.752 e. The van der Waals surface area contributed by atoms with E-state index in [0.29, 0.717) is 0 Å². The van der Waals surface area contributed by atoms with Gasteiger partial charge in [-0.05, 0) is 0 Å². The minimum absolute atomic E-state index is 0. The molecule has 0 saturated carbocycles. The van der Waals surface area contributed by atoms with Crippen LogP contribution < -0.4 is 0 Å². The van der Waals surface area contributed by atoms with Crippen molar-refractivity contribution in [2.75, 3.05) is 7.11 Å². The van der Waals surface area contributed by atoms with Gasteiger partial charge in [0, 0.05) is 34.1 Å². The molecule has 4 nitrogen and oxygen atoms in total. The topological polar surface area (TPSA) is 52.6 Å². The second-order valence-corrected chi connectivity index (χ2v) is 2.97. The van der Waals surface area contributed by atoms with Gasteiger partial charge in [0.25, 0.3) is 0 Å². The molecule has 0 spiro atoms. The summed E-state index contributed by atoms with van der Waals surface area (Å²) in [6.07, 6.45) is 0. The van der Waals surface area contributed by atoms with Gasteiger partial charge in [-0.15, -0.1) is 4.52 Å². The first-order valence-corrected chi connectivity index (χ1v) is 3.90. The zero-order chi connectivity index (χ0) is 8.15. The van der Waals surface area contributed by atoms with E-state index >= 15 is 0 Å². The van der Waals surface area contributed by atoms with Crippen molar-refractivity contribution in [3.8, 4) is 0 Å². The molecule has 0 saturated heterocycles. The maximum absolute atomic E-state index is 10.6. The fourth-order valence-corrected chi connectivity index (χ4v) is 0.648. The zero-order valence-electron chi connectivity index (χ0n) is 7.16. The molecule has 0 N–H and O–H groups in total. The smallest absolute Gasteiger partial charge is 0.246 e. The van der Waals surface area contributed by atoms with E-state index in [1.807, 2.05) is 0 Å². The maximum Gasteiger partial charge on any atom is 0.752 e. The molecule has 59 valence electrons. The Kier molecular flexibility index (Phi) is 9.21. The molecule has 0 aliphatic carbocycles. The third kappa shape index (κ3) is 6.91. The molecule has 1 radical (unpaired) electrons. The normalized spacial score (nSPS) is 10.4. The van der Waals surface area contributed by atoms with Gasteiger partial charge in [-0.25, -0.2) is 4.79 Å². The van der Waals surface area contributed by atoms with Crippen LogP contribution in [0.25, 0.3) is 0 Å². The Balaban J connectivity index is 0. The fourth-order valence-electron chi connectivity index (χ4n) is 0.216. The molecule has 1 unspecified atom stereocenters. The Morgan fingerprint density at radius 2 is 1.91 bits per heavy atom. The first-order chi connectivity index (χ1) is 4.57. The van der Waals surface area contributed by atoms with Crippen LogP contribution in [-0.2, 0) is 18.4 Å². The Hall–Kier alpha value is 0.530. The monoisotopic (exact) mass is 188 g/mol. The first kappa shape index (κ1) is 14.1. The average molecular weight is 188 g/mol. The van der Waals surface area contributed by atoms with Gasteiger partial charge < -0.3 is 0 Å². The van der Waals surface area contributed by atoms with Crippen LogP contribution in [0.3, 0.4) is 0 Å². The van der Waals surface area contributed by atoms with Gasteiger partial charge >= 0.3 is 14.2 Å². The predicted octanol–water partition coefficient (Wildman–Crippen LogP) is 1.11. The van der Waals surface area contributed by atoms with Crippen molar-refractivity contribution in [1.82, 2.24) is 0 Å². The van der Waals surface area contributed by atoms with Crippen LogP contribution in [0.15, 0.2) is 0 Å². The molecule has 0 bridgehead atoms. The molecule has 0 aliphatic heterocycles. The number of hydrogen-bond acceptors (Lipinski definition) is 4. The Bertz CT molecular complexity index is 147. The molecule has 0 amide bonds. The molecule has 1 atom stereocenters. The molecule has 0 heterocycles. The number of rotatable bonds is 3. The van der Waals surface area contributed by atoms with E-state index < -0.39 is 14.2 Å². The van der Waals surface area contributed by atoms with Crippen LogP contribution in [0.1, 0.15) is 13.8 Å². The number of carbonyl (C=O) groups is 1. The second-order valence-electron chi connectivity index (χ2n) is 1.97. The standard InChI is InChI=1S/C5H10O4P.Na/c1-4(2)5(6)9-10(7)8-3;/h4H,1-3H3;/q+1;. The van der Waals surface area contributed by atoms with Gasteiger partial charge in [0.1, 0.15) is 0 Å². The summed E-state index contributed by atoms with van der Waals surface area (Å²) in [4.78, 5) is 10.6. The summed E-state index contributed by atoms with van der Waals surface area (Å²) >= 11 is 0. The molecule has 0 aliphatic rings. The van der Waals surface area contributed by atoms with E-state index in [2.05, 4.69) is 9.05 Å². The summed E-state index contributed by atoms with van der Waals surface area (Å²) in [5.74, 6) is -0.780. The minimum Gasteiger partial charge on any atom is -0.246 e. The van der Waals surface area contributed by atoms with E-state index in [4.69, 9.17) is 0 Å². The minimum atomic E-state index is -2.25. The molecular weight excluding hydrogens is 178 g/mol. The maximum atomic E-state index is 10.6. The van der Waals surface area contributed by atoms with Crippen LogP contribution in [0.2, 0.25) is 0 Å². The van der Waals surface area contributed by atoms with E-state index in [9.17, 15) is 9.36 Å². The Morgan fingerprint density at radius 1 is 1.45 bits per heavy atom. The van der Waals surface area contributed by atoms with Gasteiger partial charge in [-0.1, -0.05) is 13.8 Å². The molecule has 11 heavy (non-hydrogen) atoms. The van der Waals surface area contributed by atoms with Gasteiger partial charge in [-0.2, -0.15) is 4.52 Å². The van der Waals surface area contributed by atoms with Gasteiger partial charge in [0.05, 0.1) is 13.0 Å².